The van der Waals surface area contributed by atoms with Crippen LogP contribution in [0.1, 0.15) is 66.5 Å². The summed E-state index contributed by atoms with van der Waals surface area (Å²) in [7, 11) is 0. The molecule has 43 heavy (non-hydrogen) atoms. The largest absolute Gasteiger partial charge is 0.481 e. The van der Waals surface area contributed by atoms with Crippen molar-refractivity contribution >= 4 is 23.7 Å². The van der Waals surface area contributed by atoms with E-state index in [0.29, 0.717) is 0 Å². The van der Waals surface area contributed by atoms with Crippen molar-refractivity contribution in [3.8, 4) is 0 Å². The van der Waals surface area contributed by atoms with Crippen LogP contribution >= 0.6 is 0 Å². The molecule has 0 heterocycles. The van der Waals surface area contributed by atoms with Gasteiger partial charge in [0.15, 0.2) is 0 Å². The van der Waals surface area contributed by atoms with Gasteiger partial charge in [-0.3, -0.25) is 4.79 Å². The second-order valence-electron chi connectivity index (χ2n) is 6.17. The van der Waals surface area contributed by atoms with Crippen molar-refractivity contribution in [2.24, 2.45) is 0 Å². The predicted octanol–water partition coefficient (Wildman–Crippen LogP) is 9.53. The zero-order valence-electron chi connectivity index (χ0n) is 27.3. The molecule has 4 aromatic rings. The molecule has 0 spiro atoms. The second-order valence-corrected chi connectivity index (χ2v) is 6.31. The van der Waals surface area contributed by atoms with Crippen LogP contribution in [0.4, 0.5) is 0 Å². The highest BCUT2D eigenvalue weighted by atomic mass is 32.1. The Bertz CT molecular complexity index is 937. The summed E-state index contributed by atoms with van der Waals surface area (Å²) in [6, 6.07) is 43.4. The fourth-order valence-electron chi connectivity index (χ4n) is 2.07. The summed E-state index contributed by atoms with van der Waals surface area (Å²) in [5.74, 6) is -0.786. The number of rotatable bonds is 2. The fraction of sp³-hybridized carbons (Fsp3) is 0.278. The molecule has 0 amide bonds. The van der Waals surface area contributed by atoms with Gasteiger partial charge in [0.25, 0.3) is 0 Å². The average molecular weight is 613 g/mol. The number of aryl methyl sites for hydroxylation is 1. The standard InChI is InChI=1S/C8H8O2.C7H8.2C6H6.4C2H6.CO2.O2S/c9-8(10)6-7-4-2-1-3-5-7;1-7-5-3-2-4-6-7;2*1-2-4-6-5-3-1;4*1-2;2-1-3;1-3-2/h1-5H,6H2,(H,9,10);2-6H,1H3;2*1-6H;4*1-2H3;;. The van der Waals surface area contributed by atoms with E-state index in [9.17, 15) is 4.79 Å². The molecule has 7 heteroatoms. The number of carboxylic acids is 1. The molecular weight excluding hydrogens is 560 g/mol. The number of carbonyl (C=O) groups excluding carboxylic acids is 2. The number of aliphatic carboxylic acids is 1. The van der Waals surface area contributed by atoms with Crippen molar-refractivity contribution in [1.29, 1.82) is 0 Å². The van der Waals surface area contributed by atoms with Crippen LogP contribution in [0.15, 0.2) is 133 Å². The van der Waals surface area contributed by atoms with Crippen molar-refractivity contribution in [1.82, 2.24) is 0 Å². The van der Waals surface area contributed by atoms with Crippen LogP contribution < -0.4 is 0 Å². The maximum atomic E-state index is 10.2. The zero-order valence-corrected chi connectivity index (χ0v) is 28.1. The van der Waals surface area contributed by atoms with Crippen molar-refractivity contribution in [2.75, 3.05) is 0 Å². The maximum absolute atomic E-state index is 10.2. The quantitative estimate of drug-likeness (QED) is 0.242. The minimum Gasteiger partial charge on any atom is -0.481 e. The average Bonchev–Trinajstić information content (AvgIpc) is 3.09. The van der Waals surface area contributed by atoms with Crippen LogP contribution in [0.2, 0.25) is 0 Å². The monoisotopic (exact) mass is 612 g/mol. The molecule has 1 N–H and O–H groups in total. The summed E-state index contributed by atoms with van der Waals surface area (Å²) in [5.41, 5.74) is 2.16. The Balaban J connectivity index is -0.0000000943. The van der Waals surface area contributed by atoms with Gasteiger partial charge in [-0.2, -0.15) is 18.0 Å². The van der Waals surface area contributed by atoms with Crippen LogP contribution in [-0.2, 0) is 32.4 Å². The van der Waals surface area contributed by atoms with E-state index in [1.54, 1.807) is 12.1 Å². The number of hydrogen-bond donors (Lipinski definition) is 1. The van der Waals surface area contributed by atoms with Crippen LogP contribution in [0, 0.1) is 6.92 Å². The predicted molar refractivity (Wildman–Crippen MR) is 181 cm³/mol. The normalized spacial score (nSPS) is 6.81. The lowest BCUT2D eigenvalue weighted by Gasteiger charge is -1.92. The molecule has 0 saturated carbocycles. The van der Waals surface area contributed by atoms with Gasteiger partial charge >= 0.3 is 23.7 Å². The summed E-state index contributed by atoms with van der Waals surface area (Å²) >= 11 is -0.750. The Morgan fingerprint density at radius 2 is 0.721 bits per heavy atom. The van der Waals surface area contributed by atoms with Gasteiger partial charge in [-0.1, -0.05) is 194 Å². The zero-order chi connectivity index (χ0) is 34.4. The van der Waals surface area contributed by atoms with Crippen LogP contribution in [0.3, 0.4) is 0 Å². The van der Waals surface area contributed by atoms with Crippen molar-refractivity contribution < 1.29 is 27.9 Å². The van der Waals surface area contributed by atoms with Gasteiger partial charge in [-0.15, -0.1) is 0 Å². The summed E-state index contributed by atoms with van der Waals surface area (Å²) in [5, 5.41) is 8.37. The molecule has 0 fully saturated rings. The van der Waals surface area contributed by atoms with Gasteiger partial charge < -0.3 is 5.11 Å². The molecule has 4 aromatic carbocycles. The first kappa shape index (κ1) is 51.3. The van der Waals surface area contributed by atoms with Crippen LogP contribution in [0.25, 0.3) is 0 Å². The topological polar surface area (TPSA) is 106 Å². The van der Waals surface area contributed by atoms with E-state index < -0.39 is 17.5 Å². The van der Waals surface area contributed by atoms with E-state index in [1.165, 1.54) is 5.56 Å². The Morgan fingerprint density at radius 3 is 0.884 bits per heavy atom. The molecule has 0 unspecified atom stereocenters. The lowest BCUT2D eigenvalue weighted by molar-refractivity contribution is -0.191. The summed E-state index contributed by atoms with van der Waals surface area (Å²) in [6.07, 6.45) is 0.362. The molecular formula is C36H52O6S. The highest BCUT2D eigenvalue weighted by Gasteiger charge is 1.96. The van der Waals surface area contributed by atoms with E-state index in [1.807, 2.05) is 165 Å². The molecule has 0 bridgehead atoms. The van der Waals surface area contributed by atoms with Crippen LogP contribution in [0.5, 0.6) is 0 Å². The number of hydrogen-bond acceptors (Lipinski definition) is 5. The first-order chi connectivity index (χ1) is 21.0. The molecule has 0 radical (unpaired) electrons. The van der Waals surface area contributed by atoms with Crippen molar-refractivity contribution in [3.63, 3.8) is 0 Å². The molecule has 0 saturated heterocycles. The first-order valence-electron chi connectivity index (χ1n) is 14.2. The molecule has 0 aromatic heterocycles. The molecule has 0 aliphatic carbocycles. The van der Waals surface area contributed by atoms with Gasteiger partial charge in [0.1, 0.15) is 0 Å². The lowest BCUT2D eigenvalue weighted by atomic mass is 10.2. The Kier molecular flexibility index (Phi) is 68.5. The molecule has 238 valence electrons. The van der Waals surface area contributed by atoms with E-state index >= 15 is 0 Å². The fourth-order valence-corrected chi connectivity index (χ4v) is 2.07. The number of carboxylic acid groups (broad SMARTS) is 1. The summed E-state index contributed by atoms with van der Waals surface area (Å²) < 4.78 is 16.6. The van der Waals surface area contributed by atoms with Gasteiger partial charge in [0.2, 0.25) is 0 Å². The minimum atomic E-state index is -0.786. The van der Waals surface area contributed by atoms with E-state index in [-0.39, 0.29) is 12.6 Å². The Labute approximate surface area is 264 Å². The smallest absolute Gasteiger partial charge is 0.373 e. The molecule has 6 nitrogen and oxygen atoms in total. The SMILES string of the molecule is CC.CC.CC.CC.Cc1ccccc1.O=C(O)Cc1ccccc1.O=C=O.O=S=O.c1ccccc1.c1ccccc1. The van der Waals surface area contributed by atoms with Gasteiger partial charge in [0.05, 0.1) is 6.42 Å². The van der Waals surface area contributed by atoms with Gasteiger partial charge in [-0.05, 0) is 12.5 Å². The third-order valence-electron chi connectivity index (χ3n) is 3.47. The second kappa shape index (κ2) is 57.4. The summed E-state index contributed by atoms with van der Waals surface area (Å²) in [4.78, 5) is 26.4. The van der Waals surface area contributed by atoms with E-state index in [0.717, 1.165) is 5.56 Å². The molecule has 4 rings (SSSR count). The maximum Gasteiger partial charge on any atom is 0.373 e. The highest BCUT2D eigenvalue weighted by Crippen LogP contribution is 1.98. The lowest BCUT2D eigenvalue weighted by Crippen LogP contribution is -1.98. The van der Waals surface area contributed by atoms with E-state index in [4.69, 9.17) is 23.1 Å². The van der Waals surface area contributed by atoms with Crippen LogP contribution in [-0.4, -0.2) is 25.6 Å². The summed E-state index contributed by atoms with van der Waals surface area (Å²) in [6.45, 7) is 18.1. The number of benzene rings is 4. The van der Waals surface area contributed by atoms with Crippen molar-refractivity contribution in [2.45, 2.75) is 68.7 Å². The first-order valence-corrected chi connectivity index (χ1v) is 14.9. The molecule has 0 atom stereocenters. The third kappa shape index (κ3) is 62.5. The highest BCUT2D eigenvalue weighted by molar-refractivity contribution is 7.51. The Hall–Kier alpha value is -4.45. The minimum absolute atomic E-state index is 0.112. The van der Waals surface area contributed by atoms with E-state index in [2.05, 4.69) is 19.1 Å². The molecule has 0 aliphatic rings. The third-order valence-corrected chi connectivity index (χ3v) is 3.47. The number of carbonyl (C=O) groups is 1. The Morgan fingerprint density at radius 1 is 0.535 bits per heavy atom. The van der Waals surface area contributed by atoms with Crippen molar-refractivity contribution in [3.05, 3.63) is 145 Å². The van der Waals surface area contributed by atoms with Gasteiger partial charge in [0, 0.05) is 0 Å². The molecule has 0 aliphatic heterocycles. The van der Waals surface area contributed by atoms with Gasteiger partial charge in [-0.25, -0.2) is 0 Å².